The molecule has 3 N–H and O–H groups in total. The molecule has 2 aliphatic rings. The van der Waals surface area contributed by atoms with Gasteiger partial charge in [0.25, 0.3) is 0 Å². The van der Waals surface area contributed by atoms with Crippen molar-refractivity contribution in [3.05, 3.63) is 99.0 Å². The highest BCUT2D eigenvalue weighted by Crippen LogP contribution is 2.55. The van der Waals surface area contributed by atoms with Gasteiger partial charge in [-0.2, -0.15) is 0 Å². The van der Waals surface area contributed by atoms with Crippen molar-refractivity contribution in [3.8, 4) is 5.75 Å². The van der Waals surface area contributed by atoms with Crippen LogP contribution in [0, 0.1) is 5.92 Å². The number of methoxy groups -OCH3 is 1. The van der Waals surface area contributed by atoms with E-state index in [2.05, 4.69) is 5.32 Å². The number of primary sulfonamides is 1. The Labute approximate surface area is 254 Å². The number of benzene rings is 3. The summed E-state index contributed by atoms with van der Waals surface area (Å²) in [5, 5.41) is 7.38. The van der Waals surface area contributed by atoms with Crippen LogP contribution in [0.3, 0.4) is 0 Å². The Balaban J connectivity index is 1.39. The monoisotopic (exact) mass is 636 g/mol. The number of fused-ring (bicyclic) bond motifs is 2. The molecule has 3 amide bonds. The van der Waals surface area contributed by atoms with Gasteiger partial charge in [-0.1, -0.05) is 59.5 Å². The molecule has 220 valence electrons. The van der Waals surface area contributed by atoms with Crippen LogP contribution in [0.1, 0.15) is 16.4 Å². The highest BCUT2D eigenvalue weighted by Gasteiger charge is 2.57. The number of thioether (sulfide) groups is 1. The van der Waals surface area contributed by atoms with Crippen molar-refractivity contribution in [1.82, 2.24) is 4.57 Å². The van der Waals surface area contributed by atoms with Crippen LogP contribution < -0.4 is 25.0 Å². The van der Waals surface area contributed by atoms with Crippen molar-refractivity contribution >= 4 is 62.2 Å². The number of anilines is 2. The lowest BCUT2D eigenvalue weighted by Crippen LogP contribution is -2.33. The number of ether oxygens (including phenoxy) is 1. The molecular formula is C29H24N4O7S3. The van der Waals surface area contributed by atoms with Gasteiger partial charge in [-0.05, 0) is 42.5 Å². The molecule has 2 aliphatic heterocycles. The fourth-order valence-electron chi connectivity index (χ4n) is 5.42. The normalized spacial score (nSPS) is 19.6. The first kappa shape index (κ1) is 28.9. The lowest BCUT2D eigenvalue weighted by Gasteiger charge is -2.31. The van der Waals surface area contributed by atoms with Crippen molar-refractivity contribution in [2.75, 3.05) is 17.3 Å². The maximum absolute atomic E-state index is 14.0. The number of nitrogens with zero attached hydrogens (tertiary/aromatic N) is 2. The SMILES string of the molecule is COc1ccccc1[C@@H]1c2sc(=O)n(CC(=O)Nc3ccc(S(N)(=O)=O)cc3)c2S[C@H]2C(=O)N(c3ccccc3)C(=O)[C@@H]12. The van der Waals surface area contributed by atoms with E-state index in [1.807, 2.05) is 6.07 Å². The molecule has 1 saturated heterocycles. The maximum Gasteiger partial charge on any atom is 0.308 e. The van der Waals surface area contributed by atoms with Gasteiger partial charge in [0.2, 0.25) is 27.7 Å². The van der Waals surface area contributed by atoms with Gasteiger partial charge in [-0.3, -0.25) is 23.7 Å². The van der Waals surface area contributed by atoms with E-state index >= 15 is 0 Å². The van der Waals surface area contributed by atoms with Gasteiger partial charge in [0, 0.05) is 22.0 Å². The van der Waals surface area contributed by atoms with Crippen molar-refractivity contribution in [2.24, 2.45) is 11.1 Å². The van der Waals surface area contributed by atoms with E-state index in [9.17, 15) is 27.6 Å². The van der Waals surface area contributed by atoms with Gasteiger partial charge < -0.3 is 10.1 Å². The summed E-state index contributed by atoms with van der Waals surface area (Å²) < 4.78 is 30.0. The first-order valence-corrected chi connectivity index (χ1v) is 16.2. The Morgan fingerprint density at radius 1 is 0.953 bits per heavy atom. The van der Waals surface area contributed by atoms with Crippen LogP contribution in [0.15, 0.2) is 93.6 Å². The van der Waals surface area contributed by atoms with Crippen LogP contribution in [0.4, 0.5) is 11.4 Å². The Morgan fingerprint density at radius 2 is 1.63 bits per heavy atom. The lowest BCUT2D eigenvalue weighted by molar-refractivity contribution is -0.122. The quantitative estimate of drug-likeness (QED) is 0.293. The molecule has 0 spiro atoms. The first-order valence-electron chi connectivity index (χ1n) is 13.0. The zero-order valence-electron chi connectivity index (χ0n) is 22.5. The Kier molecular flexibility index (Phi) is 7.46. The van der Waals surface area contributed by atoms with Crippen LogP contribution in [-0.4, -0.2) is 43.1 Å². The molecule has 43 heavy (non-hydrogen) atoms. The number of hydrogen-bond acceptors (Lipinski definition) is 9. The summed E-state index contributed by atoms with van der Waals surface area (Å²) in [6.07, 6.45) is 0. The third-order valence-electron chi connectivity index (χ3n) is 7.31. The van der Waals surface area contributed by atoms with Crippen LogP contribution in [0.5, 0.6) is 5.75 Å². The molecule has 4 aromatic rings. The van der Waals surface area contributed by atoms with E-state index in [0.717, 1.165) is 23.1 Å². The number of para-hydroxylation sites is 2. The number of hydrogen-bond donors (Lipinski definition) is 2. The topological polar surface area (TPSA) is 158 Å². The van der Waals surface area contributed by atoms with Gasteiger partial charge in [0.15, 0.2) is 0 Å². The number of carbonyl (C=O) groups is 3. The standard InChI is InChI=1S/C29H24N4O7S3/c1-40-20-10-6-5-9-19(20)22-23-24(27(36)33(26(23)35)17-7-3-2-4-8-17)41-28-25(22)42-29(37)32(28)15-21(34)31-16-11-13-18(14-12-16)43(30,38)39/h2-14,22-24H,15H2,1H3,(H,31,34)(H2,30,38,39)/t22-,23-,24+/m0/s1. The second-order valence-electron chi connectivity index (χ2n) is 9.87. The molecule has 1 aromatic heterocycles. The average Bonchev–Trinajstić information content (AvgIpc) is 3.43. The second kappa shape index (κ2) is 11.1. The highest BCUT2D eigenvalue weighted by atomic mass is 32.2. The summed E-state index contributed by atoms with van der Waals surface area (Å²) in [7, 11) is -2.39. The minimum atomic E-state index is -3.90. The highest BCUT2D eigenvalue weighted by molar-refractivity contribution is 8.00. The molecule has 11 nitrogen and oxygen atoms in total. The number of rotatable bonds is 7. The minimum Gasteiger partial charge on any atom is -0.496 e. The molecule has 0 unspecified atom stereocenters. The van der Waals surface area contributed by atoms with Gasteiger partial charge in [0.1, 0.15) is 17.5 Å². The van der Waals surface area contributed by atoms with E-state index in [4.69, 9.17) is 9.88 Å². The Hall–Kier alpha value is -4.24. The summed E-state index contributed by atoms with van der Waals surface area (Å²) in [6.45, 7) is -0.366. The fraction of sp³-hybridized carbons (Fsp3) is 0.172. The number of nitrogens with one attached hydrogen (secondary N) is 1. The summed E-state index contributed by atoms with van der Waals surface area (Å²) >= 11 is 2.04. The molecule has 0 bridgehead atoms. The largest absolute Gasteiger partial charge is 0.496 e. The summed E-state index contributed by atoms with van der Waals surface area (Å²) in [6, 6.07) is 21.2. The number of amides is 3. The van der Waals surface area contributed by atoms with Gasteiger partial charge in [-0.25, -0.2) is 18.5 Å². The number of aromatic nitrogens is 1. The second-order valence-corrected chi connectivity index (χ2v) is 13.6. The number of carbonyl (C=O) groups excluding carboxylic acids is 3. The third kappa shape index (κ3) is 5.16. The minimum absolute atomic E-state index is 0.109. The number of nitrogens with two attached hydrogens (primary N) is 1. The predicted octanol–water partition coefficient (Wildman–Crippen LogP) is 3.00. The van der Waals surface area contributed by atoms with E-state index in [-0.39, 0.29) is 17.3 Å². The summed E-state index contributed by atoms with van der Waals surface area (Å²) in [5.41, 5.74) is 1.43. The van der Waals surface area contributed by atoms with Crippen molar-refractivity contribution in [1.29, 1.82) is 0 Å². The Morgan fingerprint density at radius 3 is 2.30 bits per heavy atom. The van der Waals surface area contributed by atoms with Crippen LogP contribution in [-0.2, 0) is 31.0 Å². The summed E-state index contributed by atoms with van der Waals surface area (Å²) in [5.74, 6) is -2.28. The molecular weight excluding hydrogens is 613 g/mol. The van der Waals surface area contributed by atoms with E-state index in [0.29, 0.717) is 32.6 Å². The first-order chi connectivity index (χ1) is 20.6. The number of imide groups is 1. The van der Waals surface area contributed by atoms with Crippen LogP contribution in [0.25, 0.3) is 0 Å². The van der Waals surface area contributed by atoms with Gasteiger partial charge >= 0.3 is 4.87 Å². The molecule has 0 saturated carbocycles. The zero-order valence-corrected chi connectivity index (χ0v) is 24.9. The number of sulfonamides is 1. The lowest BCUT2D eigenvalue weighted by atomic mass is 9.82. The molecule has 3 aromatic carbocycles. The molecule has 3 heterocycles. The van der Waals surface area contributed by atoms with Crippen molar-refractivity contribution < 1.29 is 27.5 Å². The molecule has 1 fully saturated rings. The van der Waals surface area contributed by atoms with Crippen molar-refractivity contribution in [2.45, 2.75) is 27.6 Å². The number of thiazole rings is 1. The van der Waals surface area contributed by atoms with Gasteiger partial charge in [-0.15, -0.1) is 0 Å². The van der Waals surface area contributed by atoms with Gasteiger partial charge in [0.05, 0.1) is 28.6 Å². The Bertz CT molecular complexity index is 1920. The molecule has 6 rings (SSSR count). The third-order valence-corrected chi connectivity index (χ3v) is 10.8. The predicted molar refractivity (Wildman–Crippen MR) is 162 cm³/mol. The smallest absolute Gasteiger partial charge is 0.308 e. The van der Waals surface area contributed by atoms with Crippen LogP contribution >= 0.6 is 23.1 Å². The molecule has 0 aliphatic carbocycles. The summed E-state index contributed by atoms with van der Waals surface area (Å²) in [4.78, 5) is 55.4. The molecule has 14 heteroatoms. The van der Waals surface area contributed by atoms with E-state index < -0.39 is 43.8 Å². The maximum atomic E-state index is 14.0. The molecule has 0 radical (unpaired) electrons. The molecule has 3 atom stereocenters. The van der Waals surface area contributed by atoms with Crippen LogP contribution in [0.2, 0.25) is 0 Å². The zero-order chi connectivity index (χ0) is 30.5. The van der Waals surface area contributed by atoms with E-state index in [1.54, 1.807) is 48.5 Å². The van der Waals surface area contributed by atoms with Crippen molar-refractivity contribution in [3.63, 3.8) is 0 Å². The van der Waals surface area contributed by atoms with E-state index in [1.165, 1.54) is 40.8 Å². The average molecular weight is 637 g/mol. The fourth-order valence-corrected chi connectivity index (χ4v) is 8.70.